The van der Waals surface area contributed by atoms with Gasteiger partial charge in [-0.05, 0) is 24.6 Å². The average Bonchev–Trinajstić information content (AvgIpc) is 2.64. The molecule has 2 aromatic rings. The first-order valence-corrected chi connectivity index (χ1v) is 8.30. The van der Waals surface area contributed by atoms with E-state index in [0.717, 1.165) is 11.1 Å². The monoisotopic (exact) mass is 369 g/mol. The smallest absolute Gasteiger partial charge is 0.272 e. The van der Waals surface area contributed by atoms with Crippen LogP contribution in [0.15, 0.2) is 63.9 Å². The number of benzene rings is 2. The van der Waals surface area contributed by atoms with Crippen molar-refractivity contribution < 1.29 is 9.59 Å². The van der Waals surface area contributed by atoms with Gasteiger partial charge in [-0.1, -0.05) is 53.6 Å². The Morgan fingerprint density at radius 3 is 2.65 bits per heavy atom. The number of hydrogen-bond acceptors (Lipinski definition) is 4. The van der Waals surface area contributed by atoms with Crippen LogP contribution in [0.5, 0.6) is 0 Å². The van der Waals surface area contributed by atoms with Crippen molar-refractivity contribution in [3.63, 3.8) is 0 Å². The highest BCUT2D eigenvalue weighted by Gasteiger charge is 2.24. The zero-order valence-corrected chi connectivity index (χ0v) is 14.7. The molecule has 2 N–H and O–H groups in total. The SMILES string of the molecule is Cc1ccc(CC2N=NC(=NNC(=O)c3ccccc3Cl)NC2=O)cc1. The van der Waals surface area contributed by atoms with Crippen LogP contribution < -0.4 is 10.7 Å². The fourth-order valence-corrected chi connectivity index (χ4v) is 2.56. The van der Waals surface area contributed by atoms with Gasteiger partial charge in [0.05, 0.1) is 10.6 Å². The zero-order chi connectivity index (χ0) is 18.5. The first kappa shape index (κ1) is 17.8. The van der Waals surface area contributed by atoms with Gasteiger partial charge in [0, 0.05) is 6.42 Å². The lowest BCUT2D eigenvalue weighted by atomic mass is 10.0. The number of hydrazone groups is 1. The van der Waals surface area contributed by atoms with Gasteiger partial charge in [-0.3, -0.25) is 14.9 Å². The molecule has 1 atom stereocenters. The van der Waals surface area contributed by atoms with Crippen molar-refractivity contribution >= 4 is 29.4 Å². The molecule has 0 bridgehead atoms. The lowest BCUT2D eigenvalue weighted by molar-refractivity contribution is -0.121. The number of aryl methyl sites for hydroxylation is 1. The summed E-state index contributed by atoms with van der Waals surface area (Å²) in [6.07, 6.45) is 0.439. The molecule has 2 amide bonds. The van der Waals surface area contributed by atoms with Gasteiger partial charge in [-0.2, -0.15) is 5.11 Å². The minimum Gasteiger partial charge on any atom is -0.290 e. The Hall–Kier alpha value is -3.06. The quantitative estimate of drug-likeness (QED) is 0.810. The summed E-state index contributed by atoms with van der Waals surface area (Å²) in [4.78, 5) is 24.2. The number of rotatable bonds is 4. The fraction of sp³-hybridized carbons (Fsp3) is 0.167. The highest BCUT2D eigenvalue weighted by atomic mass is 35.5. The van der Waals surface area contributed by atoms with Crippen LogP contribution in [0.25, 0.3) is 0 Å². The van der Waals surface area contributed by atoms with Crippen LogP contribution in [0.3, 0.4) is 0 Å². The van der Waals surface area contributed by atoms with Crippen molar-refractivity contribution in [3.05, 3.63) is 70.2 Å². The molecule has 26 heavy (non-hydrogen) atoms. The molecule has 0 saturated heterocycles. The van der Waals surface area contributed by atoms with E-state index in [2.05, 4.69) is 26.1 Å². The molecular formula is C18H16ClN5O2. The minimum absolute atomic E-state index is 0.0736. The summed E-state index contributed by atoms with van der Waals surface area (Å²) in [6.45, 7) is 2.00. The Balaban J connectivity index is 1.63. The predicted octanol–water partition coefficient (Wildman–Crippen LogP) is 2.84. The van der Waals surface area contributed by atoms with E-state index in [9.17, 15) is 9.59 Å². The molecule has 0 aliphatic carbocycles. The second-order valence-electron chi connectivity index (χ2n) is 5.77. The van der Waals surface area contributed by atoms with Crippen LogP contribution in [0.1, 0.15) is 21.5 Å². The van der Waals surface area contributed by atoms with Crippen molar-refractivity contribution in [2.75, 3.05) is 0 Å². The third-order valence-corrected chi connectivity index (χ3v) is 4.09. The molecule has 1 unspecified atom stereocenters. The zero-order valence-electron chi connectivity index (χ0n) is 13.9. The molecule has 1 heterocycles. The molecule has 8 heteroatoms. The van der Waals surface area contributed by atoms with Crippen molar-refractivity contribution in [1.82, 2.24) is 10.7 Å². The Bertz CT molecular complexity index is 893. The number of guanidine groups is 1. The van der Waals surface area contributed by atoms with Gasteiger partial charge in [-0.15, -0.1) is 10.2 Å². The highest BCUT2D eigenvalue weighted by Crippen LogP contribution is 2.14. The summed E-state index contributed by atoms with van der Waals surface area (Å²) >= 11 is 5.95. The molecule has 132 valence electrons. The maximum absolute atomic E-state index is 12.2. The third kappa shape index (κ3) is 4.31. The van der Waals surface area contributed by atoms with Gasteiger partial charge < -0.3 is 0 Å². The minimum atomic E-state index is -0.629. The van der Waals surface area contributed by atoms with Crippen LogP contribution in [-0.4, -0.2) is 23.8 Å². The van der Waals surface area contributed by atoms with Gasteiger partial charge in [0.25, 0.3) is 17.8 Å². The summed E-state index contributed by atoms with van der Waals surface area (Å²) in [6, 6.07) is 13.8. The number of azo groups is 1. The Kier molecular flexibility index (Phi) is 5.38. The first-order chi connectivity index (χ1) is 12.5. The summed E-state index contributed by atoms with van der Waals surface area (Å²) < 4.78 is 0. The number of carbonyl (C=O) groups is 2. The lowest BCUT2D eigenvalue weighted by Gasteiger charge is -2.16. The van der Waals surface area contributed by atoms with Gasteiger partial charge in [-0.25, -0.2) is 5.43 Å². The topological polar surface area (TPSA) is 95.3 Å². The van der Waals surface area contributed by atoms with Crippen molar-refractivity contribution in [3.8, 4) is 0 Å². The summed E-state index contributed by atoms with van der Waals surface area (Å²) in [5.41, 5.74) is 4.70. The molecule has 0 aromatic heterocycles. The second-order valence-corrected chi connectivity index (χ2v) is 6.17. The van der Waals surface area contributed by atoms with Crippen molar-refractivity contribution in [2.24, 2.45) is 15.3 Å². The van der Waals surface area contributed by atoms with E-state index < -0.39 is 11.9 Å². The maximum Gasteiger partial charge on any atom is 0.272 e. The lowest BCUT2D eigenvalue weighted by Crippen LogP contribution is -2.42. The van der Waals surface area contributed by atoms with E-state index in [1.54, 1.807) is 24.3 Å². The summed E-state index contributed by atoms with van der Waals surface area (Å²) in [5, 5.41) is 14.4. The van der Waals surface area contributed by atoms with Crippen molar-refractivity contribution in [2.45, 2.75) is 19.4 Å². The maximum atomic E-state index is 12.2. The molecule has 7 nitrogen and oxygen atoms in total. The fourth-order valence-electron chi connectivity index (χ4n) is 2.34. The summed E-state index contributed by atoms with van der Waals surface area (Å²) in [5.74, 6) is -0.906. The van der Waals surface area contributed by atoms with Crippen LogP contribution >= 0.6 is 11.6 Å². The van der Waals surface area contributed by atoms with Crippen LogP contribution in [0.2, 0.25) is 5.02 Å². The number of nitrogens with zero attached hydrogens (tertiary/aromatic N) is 3. The van der Waals surface area contributed by atoms with Gasteiger partial charge in [0.1, 0.15) is 0 Å². The van der Waals surface area contributed by atoms with Crippen molar-refractivity contribution in [1.29, 1.82) is 0 Å². The van der Waals surface area contributed by atoms with Crippen LogP contribution in [-0.2, 0) is 11.2 Å². The Morgan fingerprint density at radius 2 is 1.96 bits per heavy atom. The molecule has 1 aliphatic rings. The van der Waals surface area contributed by atoms with Gasteiger partial charge in [0.2, 0.25) is 0 Å². The van der Waals surface area contributed by atoms with Crippen LogP contribution in [0, 0.1) is 6.92 Å². The van der Waals surface area contributed by atoms with E-state index in [1.165, 1.54) is 0 Å². The molecule has 3 rings (SSSR count). The van der Waals surface area contributed by atoms with E-state index >= 15 is 0 Å². The van der Waals surface area contributed by atoms with E-state index in [0.29, 0.717) is 11.4 Å². The molecule has 0 spiro atoms. The van der Waals surface area contributed by atoms with Gasteiger partial charge in [0.15, 0.2) is 6.04 Å². The number of halogens is 1. The molecule has 1 aliphatic heterocycles. The standard InChI is InChI=1S/C18H16ClN5O2/c1-11-6-8-12(9-7-11)10-15-17(26)20-18(23-21-15)24-22-16(25)13-4-2-3-5-14(13)19/h2-9,15H,10H2,1H3,(H,22,25)(H,20,24,26). The Labute approximate surface area is 155 Å². The average molecular weight is 370 g/mol. The number of carbonyl (C=O) groups excluding carboxylic acids is 2. The molecule has 2 aromatic carbocycles. The third-order valence-electron chi connectivity index (χ3n) is 3.76. The van der Waals surface area contributed by atoms with E-state index in [1.807, 2.05) is 31.2 Å². The predicted molar refractivity (Wildman–Crippen MR) is 98.0 cm³/mol. The number of amides is 2. The number of nitrogens with one attached hydrogen (secondary N) is 2. The normalized spacial score (nSPS) is 17.8. The van der Waals surface area contributed by atoms with Gasteiger partial charge >= 0.3 is 0 Å². The van der Waals surface area contributed by atoms with E-state index in [4.69, 9.17) is 11.6 Å². The molecular weight excluding hydrogens is 354 g/mol. The van der Waals surface area contributed by atoms with E-state index in [-0.39, 0.29) is 17.4 Å². The largest absolute Gasteiger partial charge is 0.290 e. The van der Waals surface area contributed by atoms with Crippen LogP contribution in [0.4, 0.5) is 0 Å². The molecule has 0 radical (unpaired) electrons. The number of hydrogen-bond donors (Lipinski definition) is 2. The Morgan fingerprint density at radius 1 is 1.23 bits per heavy atom. The summed E-state index contributed by atoms with van der Waals surface area (Å²) in [7, 11) is 0. The first-order valence-electron chi connectivity index (χ1n) is 7.93. The molecule has 0 saturated carbocycles. The molecule has 0 fully saturated rings. The highest BCUT2D eigenvalue weighted by molar-refractivity contribution is 6.33. The second kappa shape index (κ2) is 7.88.